The van der Waals surface area contributed by atoms with Gasteiger partial charge in [0.15, 0.2) is 5.82 Å². The largest absolute Gasteiger partial charge is 0.324 e. The first-order chi connectivity index (χ1) is 11.4. The van der Waals surface area contributed by atoms with Crippen molar-refractivity contribution in [2.45, 2.75) is 24.7 Å². The highest BCUT2D eigenvalue weighted by Crippen LogP contribution is 2.21. The second kappa shape index (κ2) is 6.48. The summed E-state index contributed by atoms with van der Waals surface area (Å²) in [5.41, 5.74) is 0. The molecule has 2 aromatic rings. The van der Waals surface area contributed by atoms with Gasteiger partial charge in [-0.1, -0.05) is 25.1 Å². The predicted octanol–water partition coefficient (Wildman–Crippen LogP) is 1.84. The van der Waals surface area contributed by atoms with Crippen LogP contribution in [0.3, 0.4) is 0 Å². The first-order valence-corrected chi connectivity index (χ1v) is 9.16. The van der Waals surface area contributed by atoms with Crippen molar-refractivity contribution in [1.82, 2.24) is 14.4 Å². The van der Waals surface area contributed by atoms with Crippen LogP contribution in [-0.4, -0.2) is 49.0 Å². The van der Waals surface area contributed by atoms with E-state index < -0.39 is 15.8 Å². The molecule has 0 aliphatic carbocycles. The van der Waals surface area contributed by atoms with E-state index in [1.807, 2.05) is 18.7 Å². The fourth-order valence-electron chi connectivity index (χ4n) is 2.49. The number of aromatic nitrogens is 2. The number of hydrogen-bond acceptors (Lipinski definition) is 6. The third kappa shape index (κ3) is 3.27. The number of benzene rings is 1. The number of halogens is 1. The summed E-state index contributed by atoms with van der Waals surface area (Å²) in [6, 6.07) is 5.46. The Balaban J connectivity index is 1.70. The van der Waals surface area contributed by atoms with E-state index in [2.05, 4.69) is 10.1 Å². The molecule has 1 fully saturated rings. The van der Waals surface area contributed by atoms with E-state index in [0.717, 1.165) is 6.07 Å². The normalized spacial score (nSPS) is 16.8. The second-order valence-corrected chi connectivity index (χ2v) is 7.88. The van der Waals surface area contributed by atoms with Gasteiger partial charge in [-0.05, 0) is 18.2 Å². The molecule has 0 spiro atoms. The molecule has 1 aliphatic rings. The second-order valence-electron chi connectivity index (χ2n) is 5.94. The molecule has 0 saturated carbocycles. The van der Waals surface area contributed by atoms with Crippen LogP contribution in [0.15, 0.2) is 33.7 Å². The van der Waals surface area contributed by atoms with Crippen LogP contribution in [0.5, 0.6) is 0 Å². The van der Waals surface area contributed by atoms with Crippen LogP contribution < -0.4 is 4.90 Å². The highest BCUT2D eigenvalue weighted by Gasteiger charge is 2.30. The summed E-state index contributed by atoms with van der Waals surface area (Å²) in [7, 11) is -3.70. The lowest BCUT2D eigenvalue weighted by atomic mass is 10.2. The summed E-state index contributed by atoms with van der Waals surface area (Å²) in [4.78, 5) is 6.15. The average molecular weight is 354 g/mol. The van der Waals surface area contributed by atoms with E-state index in [0.29, 0.717) is 24.9 Å². The van der Waals surface area contributed by atoms with Crippen LogP contribution in [0.4, 0.5) is 10.4 Å². The molecule has 0 bridgehead atoms. The van der Waals surface area contributed by atoms with Crippen LogP contribution in [0.25, 0.3) is 0 Å². The minimum Gasteiger partial charge on any atom is -0.322 e. The van der Waals surface area contributed by atoms with Crippen molar-refractivity contribution in [3.8, 4) is 0 Å². The molecule has 7 nitrogen and oxygen atoms in total. The SMILES string of the molecule is CC(C)c1noc(N2CCN(S(=O)(=O)c3cccc(F)c3)CC2)n1. The lowest BCUT2D eigenvalue weighted by Crippen LogP contribution is -2.48. The zero-order chi connectivity index (χ0) is 17.3. The molecule has 1 saturated heterocycles. The first kappa shape index (κ1) is 16.8. The van der Waals surface area contributed by atoms with Crippen LogP contribution >= 0.6 is 0 Å². The molecule has 2 heterocycles. The van der Waals surface area contributed by atoms with E-state index in [-0.39, 0.29) is 23.9 Å². The van der Waals surface area contributed by atoms with Crippen molar-refractivity contribution in [3.63, 3.8) is 0 Å². The number of hydrogen-bond donors (Lipinski definition) is 0. The van der Waals surface area contributed by atoms with E-state index >= 15 is 0 Å². The monoisotopic (exact) mass is 354 g/mol. The zero-order valence-corrected chi connectivity index (χ0v) is 14.3. The summed E-state index contributed by atoms with van der Waals surface area (Å²) in [6.07, 6.45) is 0. The highest BCUT2D eigenvalue weighted by atomic mass is 32.2. The van der Waals surface area contributed by atoms with Gasteiger partial charge in [0.25, 0.3) is 0 Å². The fourth-order valence-corrected chi connectivity index (χ4v) is 3.94. The summed E-state index contributed by atoms with van der Waals surface area (Å²) in [6.45, 7) is 5.37. The van der Waals surface area contributed by atoms with Crippen LogP contribution in [0.2, 0.25) is 0 Å². The van der Waals surface area contributed by atoms with Crippen molar-refractivity contribution in [2.24, 2.45) is 0 Å². The molecular formula is C15H19FN4O3S. The molecule has 0 atom stereocenters. The molecule has 0 N–H and O–H groups in total. The number of nitrogens with zero attached hydrogens (tertiary/aromatic N) is 4. The molecule has 1 aromatic heterocycles. The van der Waals surface area contributed by atoms with Gasteiger partial charge in [0.1, 0.15) is 5.82 Å². The van der Waals surface area contributed by atoms with Gasteiger partial charge in [0.05, 0.1) is 4.90 Å². The predicted molar refractivity (Wildman–Crippen MR) is 85.8 cm³/mol. The van der Waals surface area contributed by atoms with Crippen molar-refractivity contribution in [1.29, 1.82) is 0 Å². The molecule has 24 heavy (non-hydrogen) atoms. The van der Waals surface area contributed by atoms with Gasteiger partial charge in [-0.2, -0.15) is 9.29 Å². The van der Waals surface area contributed by atoms with Gasteiger partial charge in [-0.15, -0.1) is 0 Å². The lowest BCUT2D eigenvalue weighted by Gasteiger charge is -2.32. The standard InChI is InChI=1S/C15H19FN4O3S/c1-11(2)14-17-15(23-18-14)19-6-8-20(9-7-19)24(21,22)13-5-3-4-12(16)10-13/h3-5,10-11H,6-9H2,1-2H3. The maximum Gasteiger partial charge on any atom is 0.324 e. The molecule has 1 aliphatic heterocycles. The molecule has 0 amide bonds. The van der Waals surface area contributed by atoms with Gasteiger partial charge in [0, 0.05) is 32.1 Å². The zero-order valence-electron chi connectivity index (χ0n) is 13.5. The molecule has 1 aromatic carbocycles. The molecule has 0 unspecified atom stereocenters. The Bertz CT molecular complexity index is 814. The Morgan fingerprint density at radius 2 is 1.92 bits per heavy atom. The smallest absolute Gasteiger partial charge is 0.322 e. The van der Waals surface area contributed by atoms with Crippen LogP contribution in [-0.2, 0) is 10.0 Å². The number of anilines is 1. The Morgan fingerprint density at radius 3 is 2.50 bits per heavy atom. The van der Waals surface area contributed by atoms with Crippen molar-refractivity contribution < 1.29 is 17.3 Å². The highest BCUT2D eigenvalue weighted by molar-refractivity contribution is 7.89. The molecule has 3 rings (SSSR count). The fraction of sp³-hybridized carbons (Fsp3) is 0.467. The van der Waals surface area contributed by atoms with Gasteiger partial charge in [-0.3, -0.25) is 0 Å². The minimum absolute atomic E-state index is 0.0316. The summed E-state index contributed by atoms with van der Waals surface area (Å²) in [5.74, 6) is 0.221. The third-order valence-electron chi connectivity index (χ3n) is 3.89. The van der Waals surface area contributed by atoms with E-state index in [1.54, 1.807) is 0 Å². The molecule has 0 radical (unpaired) electrons. The Kier molecular flexibility index (Phi) is 4.55. The van der Waals surface area contributed by atoms with Crippen LogP contribution in [0.1, 0.15) is 25.6 Å². The average Bonchev–Trinajstić information content (AvgIpc) is 3.05. The third-order valence-corrected chi connectivity index (χ3v) is 5.79. The summed E-state index contributed by atoms with van der Waals surface area (Å²) >= 11 is 0. The van der Waals surface area contributed by atoms with Gasteiger partial charge < -0.3 is 9.42 Å². The summed E-state index contributed by atoms with van der Waals surface area (Å²) < 4.78 is 45.0. The van der Waals surface area contributed by atoms with Crippen molar-refractivity contribution in [2.75, 3.05) is 31.1 Å². The molecular weight excluding hydrogens is 335 g/mol. The number of rotatable bonds is 4. The van der Waals surface area contributed by atoms with E-state index in [1.165, 1.54) is 22.5 Å². The van der Waals surface area contributed by atoms with Crippen molar-refractivity contribution in [3.05, 3.63) is 35.9 Å². The van der Waals surface area contributed by atoms with Crippen LogP contribution in [0, 0.1) is 5.82 Å². The minimum atomic E-state index is -3.70. The molecule has 130 valence electrons. The van der Waals surface area contributed by atoms with Crippen molar-refractivity contribution >= 4 is 16.0 Å². The first-order valence-electron chi connectivity index (χ1n) is 7.72. The lowest BCUT2D eigenvalue weighted by molar-refractivity contribution is 0.353. The van der Waals surface area contributed by atoms with E-state index in [4.69, 9.17) is 4.52 Å². The quantitative estimate of drug-likeness (QED) is 0.834. The topological polar surface area (TPSA) is 79.5 Å². The Labute approximate surface area is 140 Å². The number of sulfonamides is 1. The van der Waals surface area contributed by atoms with Gasteiger partial charge in [0.2, 0.25) is 10.0 Å². The summed E-state index contributed by atoms with van der Waals surface area (Å²) in [5, 5.41) is 3.91. The van der Waals surface area contributed by atoms with Gasteiger partial charge >= 0.3 is 6.01 Å². The Hall–Kier alpha value is -2.00. The Morgan fingerprint density at radius 1 is 1.21 bits per heavy atom. The number of piperazine rings is 1. The maximum atomic E-state index is 13.3. The van der Waals surface area contributed by atoms with Gasteiger partial charge in [-0.25, -0.2) is 12.8 Å². The maximum absolute atomic E-state index is 13.3. The van der Waals surface area contributed by atoms with E-state index in [9.17, 15) is 12.8 Å². The molecule has 9 heteroatoms.